The molecule has 34 heavy (non-hydrogen) atoms. The van der Waals surface area contributed by atoms with Crippen molar-refractivity contribution < 1.29 is 19.1 Å². The number of benzene rings is 1. The minimum Gasteiger partial charge on any atom is -0.496 e. The summed E-state index contributed by atoms with van der Waals surface area (Å²) in [5.41, 5.74) is 2.78. The SMILES string of the molecule is COCCC(=O)N1Cc2cc(OC)c(C(=O)Nc3cccc(-c4nnnn4C(C)C)n3)cc2C1. The minimum atomic E-state index is -0.364. The van der Waals surface area contributed by atoms with Crippen molar-refractivity contribution in [3.63, 3.8) is 0 Å². The number of carbonyl (C=O) groups is 2. The number of hydrogen-bond acceptors (Lipinski definition) is 8. The topological polar surface area (TPSA) is 124 Å². The number of anilines is 1. The second kappa shape index (κ2) is 9.96. The van der Waals surface area contributed by atoms with E-state index in [4.69, 9.17) is 9.47 Å². The van der Waals surface area contributed by atoms with E-state index in [1.807, 2.05) is 19.9 Å². The fourth-order valence-corrected chi connectivity index (χ4v) is 3.82. The van der Waals surface area contributed by atoms with Crippen molar-refractivity contribution in [1.29, 1.82) is 0 Å². The van der Waals surface area contributed by atoms with Crippen LogP contribution in [0, 0.1) is 0 Å². The molecule has 178 valence electrons. The van der Waals surface area contributed by atoms with Gasteiger partial charge >= 0.3 is 0 Å². The molecule has 2 aromatic heterocycles. The summed E-state index contributed by atoms with van der Waals surface area (Å²) in [7, 11) is 3.08. The zero-order valence-electron chi connectivity index (χ0n) is 19.6. The molecule has 0 fully saturated rings. The highest BCUT2D eigenvalue weighted by molar-refractivity contribution is 6.06. The predicted octanol–water partition coefficient (Wildman–Crippen LogP) is 2.46. The van der Waals surface area contributed by atoms with Gasteiger partial charge in [0.25, 0.3) is 5.91 Å². The van der Waals surface area contributed by atoms with Gasteiger partial charge in [0, 0.05) is 20.2 Å². The summed E-state index contributed by atoms with van der Waals surface area (Å²) in [6.07, 6.45) is 0.317. The van der Waals surface area contributed by atoms with Crippen molar-refractivity contribution >= 4 is 17.6 Å². The van der Waals surface area contributed by atoms with Gasteiger partial charge in [-0.1, -0.05) is 6.07 Å². The van der Waals surface area contributed by atoms with Gasteiger partial charge in [0.1, 0.15) is 17.3 Å². The van der Waals surface area contributed by atoms with Crippen molar-refractivity contribution in [3.05, 3.63) is 47.0 Å². The molecule has 0 spiro atoms. The Morgan fingerprint density at radius 1 is 1.15 bits per heavy atom. The van der Waals surface area contributed by atoms with E-state index in [9.17, 15) is 9.59 Å². The number of amides is 2. The van der Waals surface area contributed by atoms with E-state index in [1.165, 1.54) is 7.11 Å². The second-order valence-electron chi connectivity index (χ2n) is 8.22. The van der Waals surface area contributed by atoms with Gasteiger partial charge in [-0.2, -0.15) is 0 Å². The zero-order valence-corrected chi connectivity index (χ0v) is 19.6. The smallest absolute Gasteiger partial charge is 0.260 e. The van der Waals surface area contributed by atoms with Crippen LogP contribution >= 0.6 is 0 Å². The van der Waals surface area contributed by atoms with Crippen LogP contribution < -0.4 is 10.1 Å². The summed E-state index contributed by atoms with van der Waals surface area (Å²) in [6.45, 7) is 5.23. The lowest BCUT2D eigenvalue weighted by Crippen LogP contribution is -2.26. The number of nitrogens with zero attached hydrogens (tertiary/aromatic N) is 6. The molecule has 2 amide bonds. The molecular formula is C23H27N7O4. The van der Waals surface area contributed by atoms with Crippen molar-refractivity contribution in [2.24, 2.45) is 0 Å². The summed E-state index contributed by atoms with van der Waals surface area (Å²) >= 11 is 0. The van der Waals surface area contributed by atoms with Gasteiger partial charge in [-0.3, -0.25) is 9.59 Å². The first-order valence-electron chi connectivity index (χ1n) is 10.9. The van der Waals surface area contributed by atoms with E-state index >= 15 is 0 Å². The van der Waals surface area contributed by atoms with Crippen LogP contribution in [0.3, 0.4) is 0 Å². The highest BCUT2D eigenvalue weighted by Gasteiger charge is 2.26. The predicted molar refractivity (Wildman–Crippen MR) is 123 cm³/mol. The van der Waals surface area contributed by atoms with Gasteiger partial charge in [0.2, 0.25) is 11.7 Å². The number of methoxy groups -OCH3 is 2. The maximum absolute atomic E-state index is 13.1. The number of tetrazole rings is 1. The lowest BCUT2D eigenvalue weighted by Gasteiger charge is -2.14. The van der Waals surface area contributed by atoms with Crippen LogP contribution in [-0.4, -0.2) is 62.7 Å². The Kier molecular flexibility index (Phi) is 6.82. The van der Waals surface area contributed by atoms with Crippen LogP contribution in [0.25, 0.3) is 11.5 Å². The molecule has 1 aromatic carbocycles. The average Bonchev–Trinajstić information content (AvgIpc) is 3.49. The minimum absolute atomic E-state index is 0.00720. The van der Waals surface area contributed by atoms with E-state index in [0.717, 1.165) is 11.1 Å². The van der Waals surface area contributed by atoms with Crippen LogP contribution in [0.2, 0.25) is 0 Å². The summed E-state index contributed by atoms with van der Waals surface area (Å²) in [4.78, 5) is 31.8. The molecule has 1 N–H and O–H groups in total. The standard InChI is InChI=1S/C23H27N7O4/c1-14(2)30-22(26-27-28-30)18-6-5-7-20(24-18)25-23(32)17-10-15-12-29(21(31)8-9-33-3)13-16(15)11-19(17)34-4/h5-7,10-11,14H,8-9,12-13H2,1-4H3,(H,24,25,32). The van der Waals surface area contributed by atoms with E-state index < -0.39 is 0 Å². The first-order chi connectivity index (χ1) is 16.4. The van der Waals surface area contributed by atoms with Gasteiger partial charge in [-0.05, 0) is 59.7 Å². The monoisotopic (exact) mass is 465 g/mol. The molecule has 0 saturated heterocycles. The first kappa shape index (κ1) is 23.3. The van der Waals surface area contributed by atoms with E-state index in [-0.39, 0.29) is 17.9 Å². The molecule has 0 atom stereocenters. The largest absolute Gasteiger partial charge is 0.496 e. The molecule has 11 heteroatoms. The van der Waals surface area contributed by atoms with Crippen LogP contribution in [0.5, 0.6) is 5.75 Å². The number of aromatic nitrogens is 5. The molecule has 1 aliphatic rings. The van der Waals surface area contributed by atoms with E-state index in [0.29, 0.717) is 54.8 Å². The third kappa shape index (κ3) is 4.74. The van der Waals surface area contributed by atoms with Gasteiger partial charge in [0.15, 0.2) is 0 Å². The Morgan fingerprint density at radius 3 is 2.62 bits per heavy atom. The highest BCUT2D eigenvalue weighted by Crippen LogP contribution is 2.31. The number of carbonyl (C=O) groups excluding carboxylic acids is 2. The molecule has 0 bridgehead atoms. The van der Waals surface area contributed by atoms with Gasteiger partial charge in [-0.15, -0.1) is 5.10 Å². The van der Waals surface area contributed by atoms with Crippen molar-refractivity contribution in [3.8, 4) is 17.3 Å². The second-order valence-corrected chi connectivity index (χ2v) is 8.22. The number of hydrogen-bond donors (Lipinski definition) is 1. The van der Waals surface area contributed by atoms with Crippen LogP contribution in [0.1, 0.15) is 47.8 Å². The maximum atomic E-state index is 13.1. The third-order valence-electron chi connectivity index (χ3n) is 5.56. The Morgan fingerprint density at radius 2 is 1.91 bits per heavy atom. The van der Waals surface area contributed by atoms with Crippen molar-refractivity contribution in [2.75, 3.05) is 26.1 Å². The molecule has 3 aromatic rings. The molecule has 11 nitrogen and oxygen atoms in total. The molecule has 0 saturated carbocycles. The number of nitrogens with one attached hydrogen (secondary N) is 1. The van der Waals surface area contributed by atoms with Gasteiger partial charge < -0.3 is 19.7 Å². The number of pyridine rings is 1. The summed E-state index contributed by atoms with van der Waals surface area (Å²) in [5.74, 6) is 0.950. The first-order valence-corrected chi connectivity index (χ1v) is 10.9. The molecule has 0 unspecified atom stereocenters. The number of fused-ring (bicyclic) bond motifs is 1. The lowest BCUT2D eigenvalue weighted by molar-refractivity contribution is -0.132. The molecule has 0 radical (unpaired) electrons. The van der Waals surface area contributed by atoms with E-state index in [1.54, 1.807) is 41.0 Å². The van der Waals surface area contributed by atoms with Gasteiger partial charge in [0.05, 0.1) is 31.7 Å². The Balaban J connectivity index is 1.55. The van der Waals surface area contributed by atoms with Gasteiger partial charge in [-0.25, -0.2) is 9.67 Å². The quantitative estimate of drug-likeness (QED) is 0.538. The summed E-state index contributed by atoms with van der Waals surface area (Å²) in [6, 6.07) is 8.90. The molecular weight excluding hydrogens is 438 g/mol. The van der Waals surface area contributed by atoms with E-state index in [2.05, 4.69) is 25.8 Å². The molecule has 0 aliphatic carbocycles. The van der Waals surface area contributed by atoms with Crippen molar-refractivity contribution in [1.82, 2.24) is 30.1 Å². The Hall–Kier alpha value is -3.86. The van der Waals surface area contributed by atoms with Crippen molar-refractivity contribution in [2.45, 2.75) is 39.4 Å². The Labute approximate surface area is 197 Å². The number of ether oxygens (including phenoxy) is 2. The van der Waals surface area contributed by atoms with Crippen LogP contribution in [0.4, 0.5) is 5.82 Å². The molecule has 1 aliphatic heterocycles. The Bertz CT molecular complexity index is 1210. The third-order valence-corrected chi connectivity index (χ3v) is 5.56. The van der Waals surface area contributed by atoms with Crippen LogP contribution in [-0.2, 0) is 22.6 Å². The highest BCUT2D eigenvalue weighted by atomic mass is 16.5. The molecule has 4 rings (SSSR count). The fourth-order valence-electron chi connectivity index (χ4n) is 3.82. The summed E-state index contributed by atoms with van der Waals surface area (Å²) < 4.78 is 12.1. The fraction of sp³-hybridized carbons (Fsp3) is 0.391. The molecule has 3 heterocycles. The average molecular weight is 466 g/mol. The van der Waals surface area contributed by atoms with Crippen LogP contribution in [0.15, 0.2) is 30.3 Å². The maximum Gasteiger partial charge on any atom is 0.260 e. The zero-order chi connectivity index (χ0) is 24.2. The number of rotatable bonds is 8. The normalized spacial score (nSPS) is 12.7. The lowest BCUT2D eigenvalue weighted by atomic mass is 10.0. The summed E-state index contributed by atoms with van der Waals surface area (Å²) in [5, 5.41) is 14.6.